The average Bonchev–Trinajstić information content (AvgIpc) is 2.55. The minimum absolute atomic E-state index is 0.0101. The zero-order valence-corrected chi connectivity index (χ0v) is 13.2. The van der Waals surface area contributed by atoms with Crippen LogP contribution in [0.1, 0.15) is 11.1 Å². The molecule has 2 N–H and O–H groups in total. The van der Waals surface area contributed by atoms with Gasteiger partial charge >= 0.3 is 6.18 Å². The molecular formula is C17H10ClF3N2O2. The third-order valence-electron chi connectivity index (χ3n) is 3.11. The van der Waals surface area contributed by atoms with Crippen molar-refractivity contribution in [3.8, 4) is 11.8 Å². The fourth-order valence-corrected chi connectivity index (χ4v) is 2.04. The van der Waals surface area contributed by atoms with Gasteiger partial charge in [-0.2, -0.15) is 18.4 Å². The number of rotatable bonds is 3. The summed E-state index contributed by atoms with van der Waals surface area (Å²) in [7, 11) is 0. The molecule has 2 aromatic carbocycles. The summed E-state index contributed by atoms with van der Waals surface area (Å²) >= 11 is 5.80. The van der Waals surface area contributed by atoms with E-state index in [9.17, 15) is 23.1 Å². The number of nitrogens with zero attached hydrogens (tertiary/aromatic N) is 1. The van der Waals surface area contributed by atoms with Gasteiger partial charge in [0.2, 0.25) is 0 Å². The third-order valence-corrected chi connectivity index (χ3v) is 3.44. The quantitative estimate of drug-likeness (QED) is 0.615. The molecule has 2 rings (SSSR count). The second-order valence-corrected chi connectivity index (χ2v) is 5.32. The maximum absolute atomic E-state index is 12.7. The van der Waals surface area contributed by atoms with E-state index in [-0.39, 0.29) is 22.0 Å². The normalized spacial score (nSPS) is 11.7. The van der Waals surface area contributed by atoms with Crippen molar-refractivity contribution >= 4 is 29.3 Å². The van der Waals surface area contributed by atoms with Gasteiger partial charge in [0.25, 0.3) is 5.91 Å². The fourth-order valence-electron chi connectivity index (χ4n) is 1.87. The van der Waals surface area contributed by atoms with E-state index in [1.165, 1.54) is 30.3 Å². The summed E-state index contributed by atoms with van der Waals surface area (Å²) in [6.07, 6.45) is -3.36. The molecule has 0 heterocycles. The van der Waals surface area contributed by atoms with E-state index in [1.807, 2.05) is 0 Å². The number of anilines is 1. The number of hydrogen-bond donors (Lipinski definition) is 2. The smallest absolute Gasteiger partial charge is 0.416 e. The largest absolute Gasteiger partial charge is 0.508 e. The van der Waals surface area contributed by atoms with Gasteiger partial charge in [-0.25, -0.2) is 0 Å². The number of halogens is 4. The Morgan fingerprint density at radius 3 is 2.40 bits per heavy atom. The third kappa shape index (κ3) is 4.75. The maximum Gasteiger partial charge on any atom is 0.416 e. The molecule has 0 unspecified atom stereocenters. The van der Waals surface area contributed by atoms with Crippen molar-refractivity contribution in [2.75, 3.05) is 5.32 Å². The zero-order chi connectivity index (χ0) is 18.6. The number of phenols is 1. The number of aromatic hydroxyl groups is 1. The van der Waals surface area contributed by atoms with Gasteiger partial charge in [-0.1, -0.05) is 23.7 Å². The van der Waals surface area contributed by atoms with Crippen molar-refractivity contribution in [3.05, 3.63) is 64.2 Å². The van der Waals surface area contributed by atoms with Crippen molar-refractivity contribution in [2.45, 2.75) is 6.18 Å². The highest BCUT2D eigenvalue weighted by molar-refractivity contribution is 6.34. The zero-order valence-electron chi connectivity index (χ0n) is 12.4. The molecular weight excluding hydrogens is 357 g/mol. The molecule has 2 aromatic rings. The predicted octanol–water partition coefficient (Wildman–Crippen LogP) is 4.61. The number of phenolic OH excluding ortho intramolecular Hbond substituents is 1. The number of amides is 1. The van der Waals surface area contributed by atoms with Crippen LogP contribution in [0.3, 0.4) is 0 Å². The SMILES string of the molecule is N#C/C(=C/c1ccc(O)cc1)C(=O)Nc1cc(C(F)(F)F)ccc1Cl. The fraction of sp³-hybridized carbons (Fsp3) is 0.0588. The molecule has 0 saturated carbocycles. The van der Waals surface area contributed by atoms with Crippen LogP contribution in [0.4, 0.5) is 18.9 Å². The molecule has 4 nitrogen and oxygen atoms in total. The first-order valence-electron chi connectivity index (χ1n) is 6.79. The Morgan fingerprint density at radius 2 is 1.84 bits per heavy atom. The monoisotopic (exact) mass is 366 g/mol. The van der Waals surface area contributed by atoms with E-state index in [0.717, 1.165) is 12.1 Å². The second kappa shape index (κ2) is 7.28. The standard InChI is InChI=1S/C17H10ClF3N2O2/c18-14-6-3-12(17(19,20)21)8-15(14)23-16(25)11(9-22)7-10-1-4-13(24)5-2-10/h1-8,24H,(H,23,25)/b11-7-. The Hall–Kier alpha value is -2.98. The van der Waals surface area contributed by atoms with E-state index in [0.29, 0.717) is 11.6 Å². The van der Waals surface area contributed by atoms with Crippen LogP contribution in [0.5, 0.6) is 5.75 Å². The van der Waals surface area contributed by atoms with Crippen LogP contribution in [0.25, 0.3) is 6.08 Å². The van der Waals surface area contributed by atoms with E-state index >= 15 is 0 Å². The van der Waals surface area contributed by atoms with Gasteiger partial charge in [-0.3, -0.25) is 4.79 Å². The second-order valence-electron chi connectivity index (χ2n) is 4.91. The molecule has 0 aliphatic rings. The van der Waals surface area contributed by atoms with E-state index in [2.05, 4.69) is 5.32 Å². The molecule has 0 aromatic heterocycles. The summed E-state index contributed by atoms with van der Waals surface area (Å²) in [6.45, 7) is 0. The van der Waals surface area contributed by atoms with Crippen molar-refractivity contribution in [3.63, 3.8) is 0 Å². The van der Waals surface area contributed by atoms with E-state index < -0.39 is 17.6 Å². The molecule has 1 amide bonds. The van der Waals surface area contributed by atoms with Gasteiger partial charge in [0.15, 0.2) is 0 Å². The van der Waals surface area contributed by atoms with Crippen molar-refractivity contribution in [2.24, 2.45) is 0 Å². The topological polar surface area (TPSA) is 73.1 Å². The van der Waals surface area contributed by atoms with Crippen LogP contribution in [-0.4, -0.2) is 11.0 Å². The van der Waals surface area contributed by atoms with Gasteiger partial charge < -0.3 is 10.4 Å². The van der Waals surface area contributed by atoms with E-state index in [1.54, 1.807) is 6.07 Å². The Balaban J connectivity index is 2.28. The highest BCUT2D eigenvalue weighted by Crippen LogP contribution is 2.34. The molecule has 0 spiro atoms. The average molecular weight is 367 g/mol. The summed E-state index contributed by atoms with van der Waals surface area (Å²) in [4.78, 5) is 12.1. The maximum atomic E-state index is 12.7. The summed E-state index contributed by atoms with van der Waals surface area (Å²) in [5, 5.41) is 20.4. The highest BCUT2D eigenvalue weighted by Gasteiger charge is 2.31. The van der Waals surface area contributed by atoms with Gasteiger partial charge in [0.1, 0.15) is 17.4 Å². The summed E-state index contributed by atoms with van der Waals surface area (Å²) in [6, 6.07) is 9.82. The molecule has 0 aliphatic carbocycles. The lowest BCUT2D eigenvalue weighted by atomic mass is 10.1. The molecule has 0 fully saturated rings. The molecule has 0 atom stereocenters. The first-order valence-corrected chi connectivity index (χ1v) is 7.17. The number of carbonyl (C=O) groups excluding carboxylic acids is 1. The molecule has 0 saturated heterocycles. The van der Waals surface area contributed by atoms with E-state index in [4.69, 9.17) is 16.9 Å². The van der Waals surface area contributed by atoms with Gasteiger partial charge in [-0.15, -0.1) is 0 Å². The summed E-state index contributed by atoms with van der Waals surface area (Å²) in [5.41, 5.74) is -1.11. The number of carbonyl (C=O) groups is 1. The van der Waals surface area contributed by atoms with Gasteiger partial charge in [0.05, 0.1) is 16.3 Å². The molecule has 25 heavy (non-hydrogen) atoms. The number of hydrogen-bond acceptors (Lipinski definition) is 3. The van der Waals surface area contributed by atoms with Crippen molar-refractivity contribution < 1.29 is 23.1 Å². The Bertz CT molecular complexity index is 869. The summed E-state index contributed by atoms with van der Waals surface area (Å²) in [5.74, 6) is -0.896. The lowest BCUT2D eigenvalue weighted by Gasteiger charge is -2.11. The molecule has 0 aliphatic heterocycles. The van der Waals surface area contributed by atoms with Crippen molar-refractivity contribution in [1.82, 2.24) is 0 Å². The Morgan fingerprint density at radius 1 is 1.20 bits per heavy atom. The van der Waals surface area contributed by atoms with Crippen LogP contribution in [-0.2, 0) is 11.0 Å². The minimum atomic E-state index is -4.59. The van der Waals surface area contributed by atoms with Gasteiger partial charge in [0, 0.05) is 0 Å². The predicted molar refractivity (Wildman–Crippen MR) is 86.8 cm³/mol. The molecule has 0 bridgehead atoms. The lowest BCUT2D eigenvalue weighted by Crippen LogP contribution is -2.15. The molecule has 0 radical (unpaired) electrons. The number of nitrogens with one attached hydrogen (secondary N) is 1. The first kappa shape index (κ1) is 18.4. The van der Waals surface area contributed by atoms with Crippen LogP contribution in [0, 0.1) is 11.3 Å². The number of nitriles is 1. The van der Waals surface area contributed by atoms with Crippen LogP contribution in [0.2, 0.25) is 5.02 Å². The van der Waals surface area contributed by atoms with Crippen LogP contribution >= 0.6 is 11.6 Å². The molecule has 8 heteroatoms. The lowest BCUT2D eigenvalue weighted by molar-refractivity contribution is -0.137. The van der Waals surface area contributed by atoms with Gasteiger partial charge in [-0.05, 0) is 42.0 Å². The Kier molecular flexibility index (Phi) is 5.35. The number of alkyl halides is 3. The van der Waals surface area contributed by atoms with Crippen LogP contribution in [0.15, 0.2) is 48.0 Å². The van der Waals surface area contributed by atoms with Crippen molar-refractivity contribution in [1.29, 1.82) is 5.26 Å². The first-order chi connectivity index (χ1) is 11.7. The highest BCUT2D eigenvalue weighted by atomic mass is 35.5. The van der Waals surface area contributed by atoms with Crippen LogP contribution < -0.4 is 5.32 Å². The molecule has 128 valence electrons. The summed E-state index contributed by atoms with van der Waals surface area (Å²) < 4.78 is 38.2. The number of benzene rings is 2. The minimum Gasteiger partial charge on any atom is -0.508 e. The Labute approximate surface area is 145 Å².